The summed E-state index contributed by atoms with van der Waals surface area (Å²) in [5.74, 6) is -0.106. The van der Waals surface area contributed by atoms with Crippen LogP contribution in [0.1, 0.15) is 64.4 Å². The van der Waals surface area contributed by atoms with E-state index >= 15 is 0 Å². The van der Waals surface area contributed by atoms with Gasteiger partial charge in [0.1, 0.15) is 0 Å². The second-order valence-electron chi connectivity index (χ2n) is 8.13. The molecular formula is C25H28N4O2. The van der Waals surface area contributed by atoms with Gasteiger partial charge in [0.05, 0.1) is 22.4 Å². The Hall–Kier alpha value is -3.28. The van der Waals surface area contributed by atoms with Crippen molar-refractivity contribution in [2.75, 3.05) is 7.05 Å². The summed E-state index contributed by atoms with van der Waals surface area (Å²) in [7, 11) is 1.78. The van der Waals surface area contributed by atoms with Crippen LogP contribution in [0.2, 0.25) is 0 Å². The summed E-state index contributed by atoms with van der Waals surface area (Å²) in [6.07, 6.45) is 3.79. The molecule has 0 spiro atoms. The van der Waals surface area contributed by atoms with Crippen molar-refractivity contribution in [2.24, 2.45) is 0 Å². The van der Waals surface area contributed by atoms with Crippen molar-refractivity contribution in [1.82, 2.24) is 20.2 Å². The van der Waals surface area contributed by atoms with E-state index in [0.29, 0.717) is 23.7 Å². The van der Waals surface area contributed by atoms with E-state index in [4.69, 9.17) is 9.97 Å². The normalized spacial score (nSPS) is 13.3. The van der Waals surface area contributed by atoms with Gasteiger partial charge in [-0.15, -0.1) is 0 Å². The lowest BCUT2D eigenvalue weighted by molar-refractivity contribution is 0.0784. The molecule has 1 aromatic heterocycles. The Kier molecular flexibility index (Phi) is 5.98. The number of hydrogen-bond acceptors (Lipinski definition) is 4. The number of nitrogens with one attached hydrogen (secondary N) is 1. The Morgan fingerprint density at radius 3 is 2.16 bits per heavy atom. The lowest BCUT2D eigenvalue weighted by Crippen LogP contribution is -2.27. The SMILES string of the molecule is CCc1nc2ccc(C(=O)N(C)Cc3ccc(C(=O)NC4CC4)cc3)cc2nc1CC. The Balaban J connectivity index is 1.47. The number of aryl methyl sites for hydroxylation is 2. The van der Waals surface area contributed by atoms with Gasteiger partial charge in [0.15, 0.2) is 0 Å². The quantitative estimate of drug-likeness (QED) is 0.633. The molecular weight excluding hydrogens is 388 g/mol. The molecule has 1 saturated carbocycles. The Labute approximate surface area is 182 Å². The molecule has 0 aliphatic heterocycles. The fraction of sp³-hybridized carbons (Fsp3) is 0.360. The van der Waals surface area contributed by atoms with E-state index in [9.17, 15) is 9.59 Å². The first-order chi connectivity index (χ1) is 15.0. The number of nitrogens with zero attached hydrogens (tertiary/aromatic N) is 3. The Morgan fingerprint density at radius 1 is 0.935 bits per heavy atom. The third kappa shape index (κ3) is 4.74. The summed E-state index contributed by atoms with van der Waals surface area (Å²) in [6.45, 7) is 4.61. The molecule has 1 aliphatic carbocycles. The van der Waals surface area contributed by atoms with Crippen molar-refractivity contribution < 1.29 is 9.59 Å². The third-order valence-corrected chi connectivity index (χ3v) is 5.63. The zero-order valence-corrected chi connectivity index (χ0v) is 18.3. The minimum atomic E-state index is -0.0723. The van der Waals surface area contributed by atoms with Gasteiger partial charge in [-0.05, 0) is 61.6 Å². The first-order valence-electron chi connectivity index (χ1n) is 10.9. The summed E-state index contributed by atoms with van der Waals surface area (Å²) >= 11 is 0. The van der Waals surface area contributed by atoms with E-state index in [-0.39, 0.29) is 11.8 Å². The average Bonchev–Trinajstić information content (AvgIpc) is 3.61. The largest absolute Gasteiger partial charge is 0.349 e. The van der Waals surface area contributed by atoms with E-state index in [1.165, 1.54) is 0 Å². The molecule has 160 valence electrons. The topological polar surface area (TPSA) is 75.2 Å². The maximum atomic E-state index is 13.0. The van der Waals surface area contributed by atoms with Crippen molar-refractivity contribution in [3.05, 3.63) is 70.5 Å². The van der Waals surface area contributed by atoms with Crippen LogP contribution in [0.15, 0.2) is 42.5 Å². The van der Waals surface area contributed by atoms with Crippen LogP contribution in [0.25, 0.3) is 11.0 Å². The molecule has 1 heterocycles. The van der Waals surface area contributed by atoms with Crippen molar-refractivity contribution in [3.63, 3.8) is 0 Å². The number of fused-ring (bicyclic) bond motifs is 1. The van der Waals surface area contributed by atoms with Gasteiger partial charge in [0.25, 0.3) is 11.8 Å². The van der Waals surface area contributed by atoms with Crippen molar-refractivity contribution in [2.45, 2.75) is 52.1 Å². The number of carbonyl (C=O) groups is 2. The monoisotopic (exact) mass is 416 g/mol. The number of aromatic nitrogens is 2. The molecule has 3 aromatic rings. The molecule has 6 heteroatoms. The van der Waals surface area contributed by atoms with Crippen LogP contribution in [0.3, 0.4) is 0 Å². The molecule has 0 atom stereocenters. The minimum Gasteiger partial charge on any atom is -0.349 e. The van der Waals surface area contributed by atoms with Crippen LogP contribution in [0.4, 0.5) is 0 Å². The van der Waals surface area contributed by atoms with E-state index in [1.807, 2.05) is 42.5 Å². The summed E-state index contributed by atoms with van der Waals surface area (Å²) in [5.41, 5.74) is 5.78. The summed E-state index contributed by atoms with van der Waals surface area (Å²) in [4.78, 5) is 36.2. The molecule has 1 fully saturated rings. The number of benzene rings is 2. The molecule has 1 aliphatic rings. The molecule has 31 heavy (non-hydrogen) atoms. The Bertz CT molecular complexity index is 1120. The molecule has 4 rings (SSSR count). The number of hydrogen-bond donors (Lipinski definition) is 1. The van der Waals surface area contributed by atoms with Crippen molar-refractivity contribution >= 4 is 22.8 Å². The van der Waals surface area contributed by atoms with E-state index in [1.54, 1.807) is 11.9 Å². The van der Waals surface area contributed by atoms with Crippen molar-refractivity contribution in [3.8, 4) is 0 Å². The average molecular weight is 417 g/mol. The number of rotatable bonds is 7. The fourth-order valence-corrected chi connectivity index (χ4v) is 3.65. The zero-order chi connectivity index (χ0) is 22.0. The van der Waals surface area contributed by atoms with Gasteiger partial charge in [-0.1, -0.05) is 26.0 Å². The van der Waals surface area contributed by atoms with Gasteiger partial charge >= 0.3 is 0 Å². The van der Waals surface area contributed by atoms with Crippen LogP contribution in [0, 0.1) is 0 Å². The lowest BCUT2D eigenvalue weighted by atomic mass is 10.1. The maximum absolute atomic E-state index is 13.0. The first kappa shape index (κ1) is 21.0. The molecule has 2 aromatic carbocycles. The predicted octanol–water partition coefficient (Wildman–Crippen LogP) is 3.92. The van der Waals surface area contributed by atoms with E-state index < -0.39 is 0 Å². The highest BCUT2D eigenvalue weighted by molar-refractivity contribution is 5.97. The predicted molar refractivity (Wildman–Crippen MR) is 121 cm³/mol. The third-order valence-electron chi connectivity index (χ3n) is 5.63. The summed E-state index contributed by atoms with van der Waals surface area (Å²) in [6, 6.07) is 13.3. The smallest absolute Gasteiger partial charge is 0.253 e. The van der Waals surface area contributed by atoms with Gasteiger partial charge in [-0.2, -0.15) is 0 Å². The van der Waals surface area contributed by atoms with Crippen LogP contribution in [-0.2, 0) is 19.4 Å². The van der Waals surface area contributed by atoms with Crippen LogP contribution < -0.4 is 5.32 Å². The first-order valence-corrected chi connectivity index (χ1v) is 10.9. The highest BCUT2D eigenvalue weighted by Crippen LogP contribution is 2.20. The number of carbonyl (C=O) groups excluding carboxylic acids is 2. The standard InChI is InChI=1S/C25H28N4O2/c1-4-20-21(5-2)28-23-14-18(10-13-22(23)27-20)25(31)29(3)15-16-6-8-17(9-7-16)24(30)26-19-11-12-19/h6-10,13-14,19H,4-5,11-12,15H2,1-3H3,(H,26,30). The van der Waals surface area contributed by atoms with Gasteiger partial charge in [0, 0.05) is 30.8 Å². The van der Waals surface area contributed by atoms with E-state index in [2.05, 4.69) is 19.2 Å². The highest BCUT2D eigenvalue weighted by Gasteiger charge is 2.23. The molecule has 0 radical (unpaired) electrons. The molecule has 0 saturated heterocycles. The van der Waals surface area contributed by atoms with Gasteiger partial charge in [-0.25, -0.2) is 9.97 Å². The van der Waals surface area contributed by atoms with Crippen LogP contribution >= 0.6 is 0 Å². The highest BCUT2D eigenvalue weighted by atomic mass is 16.2. The second kappa shape index (κ2) is 8.84. The van der Waals surface area contributed by atoms with Crippen LogP contribution in [-0.4, -0.2) is 39.8 Å². The van der Waals surface area contributed by atoms with Gasteiger partial charge in [-0.3, -0.25) is 9.59 Å². The maximum Gasteiger partial charge on any atom is 0.253 e. The summed E-state index contributed by atoms with van der Waals surface area (Å²) in [5, 5.41) is 2.99. The van der Waals surface area contributed by atoms with Gasteiger partial charge in [0.2, 0.25) is 0 Å². The van der Waals surface area contributed by atoms with Crippen molar-refractivity contribution in [1.29, 1.82) is 0 Å². The fourth-order valence-electron chi connectivity index (χ4n) is 3.65. The minimum absolute atomic E-state index is 0.0339. The Morgan fingerprint density at radius 2 is 1.55 bits per heavy atom. The molecule has 0 bridgehead atoms. The number of amides is 2. The summed E-state index contributed by atoms with van der Waals surface area (Å²) < 4.78 is 0. The molecule has 0 unspecified atom stereocenters. The van der Waals surface area contributed by atoms with E-state index in [0.717, 1.165) is 53.7 Å². The lowest BCUT2D eigenvalue weighted by Gasteiger charge is -2.18. The molecule has 2 amide bonds. The van der Waals surface area contributed by atoms with Gasteiger partial charge < -0.3 is 10.2 Å². The zero-order valence-electron chi connectivity index (χ0n) is 18.3. The molecule has 6 nitrogen and oxygen atoms in total. The molecule has 1 N–H and O–H groups in total. The second-order valence-corrected chi connectivity index (χ2v) is 8.13. The van der Waals surface area contributed by atoms with Crippen LogP contribution in [0.5, 0.6) is 0 Å².